The minimum atomic E-state index is -0.168. The van der Waals surface area contributed by atoms with Crippen LogP contribution < -0.4 is 5.73 Å². The number of rotatable bonds is 2. The monoisotopic (exact) mass is 178 g/mol. The van der Waals surface area contributed by atoms with Crippen LogP contribution in [0.2, 0.25) is 0 Å². The molecule has 1 aliphatic heterocycles. The average Bonchev–Trinajstić information content (AvgIpc) is 2.49. The summed E-state index contributed by atoms with van der Waals surface area (Å²) in [6.07, 6.45) is 6.24. The number of fused-ring (bicyclic) bond motifs is 1. The topological polar surface area (TPSA) is 38.4 Å². The van der Waals surface area contributed by atoms with E-state index in [2.05, 4.69) is 4.99 Å². The van der Waals surface area contributed by atoms with Gasteiger partial charge in [-0.15, -0.1) is 0 Å². The molecule has 2 rings (SSSR count). The van der Waals surface area contributed by atoms with Crippen molar-refractivity contribution in [3.8, 4) is 0 Å². The highest BCUT2D eigenvalue weighted by atomic mass is 19.1. The van der Waals surface area contributed by atoms with E-state index in [0.29, 0.717) is 13.0 Å². The predicted octanol–water partition coefficient (Wildman–Crippen LogP) is 1.86. The number of hydrogen-bond acceptors (Lipinski definition) is 2. The minimum Gasteiger partial charge on any atom is -0.330 e. The van der Waals surface area contributed by atoms with Gasteiger partial charge in [-0.2, -0.15) is 0 Å². The number of allylic oxidation sites excluding steroid dienone is 4. The molecule has 13 heavy (non-hydrogen) atoms. The standard InChI is InChI=1S/C10H11FN2/c11-8-1-2-10-9(5-8)7(3-4-12)6-13-10/h1,5-6H,2-4,12H2. The van der Waals surface area contributed by atoms with Gasteiger partial charge in [-0.1, -0.05) is 0 Å². The predicted molar refractivity (Wildman–Crippen MR) is 51.1 cm³/mol. The molecule has 2 N–H and O–H groups in total. The SMILES string of the molecule is NCCC1=CN=C2CC=C(F)C=C12. The summed E-state index contributed by atoms with van der Waals surface area (Å²) in [5.41, 5.74) is 8.39. The summed E-state index contributed by atoms with van der Waals surface area (Å²) >= 11 is 0. The highest BCUT2D eigenvalue weighted by molar-refractivity contribution is 6.08. The van der Waals surface area contributed by atoms with Crippen LogP contribution in [0.3, 0.4) is 0 Å². The smallest absolute Gasteiger partial charge is 0.120 e. The number of nitrogens with two attached hydrogens (primary N) is 1. The molecule has 1 heterocycles. The van der Waals surface area contributed by atoms with Crippen LogP contribution in [0.4, 0.5) is 4.39 Å². The van der Waals surface area contributed by atoms with Gasteiger partial charge in [-0.3, -0.25) is 4.99 Å². The van der Waals surface area contributed by atoms with E-state index in [1.54, 1.807) is 12.3 Å². The zero-order chi connectivity index (χ0) is 9.26. The number of hydrogen-bond donors (Lipinski definition) is 1. The van der Waals surface area contributed by atoms with Crippen molar-refractivity contribution in [3.63, 3.8) is 0 Å². The first-order chi connectivity index (χ1) is 6.31. The summed E-state index contributed by atoms with van der Waals surface area (Å²) in [5.74, 6) is -0.168. The van der Waals surface area contributed by atoms with Crippen LogP contribution in [0.5, 0.6) is 0 Å². The molecule has 0 saturated heterocycles. The van der Waals surface area contributed by atoms with Crippen molar-refractivity contribution in [1.29, 1.82) is 0 Å². The lowest BCUT2D eigenvalue weighted by Crippen LogP contribution is -2.07. The Bertz CT molecular complexity index is 348. The van der Waals surface area contributed by atoms with Crippen LogP contribution in [0.15, 0.2) is 40.3 Å². The van der Waals surface area contributed by atoms with Gasteiger partial charge in [-0.25, -0.2) is 4.39 Å². The maximum atomic E-state index is 12.9. The number of nitrogens with zero attached hydrogens (tertiary/aromatic N) is 1. The van der Waals surface area contributed by atoms with Gasteiger partial charge >= 0.3 is 0 Å². The third-order valence-corrected chi connectivity index (χ3v) is 2.22. The molecule has 0 fully saturated rings. The molecule has 0 amide bonds. The molecule has 68 valence electrons. The lowest BCUT2D eigenvalue weighted by molar-refractivity contribution is 0.660. The molecule has 0 spiro atoms. The Morgan fingerprint density at radius 2 is 2.38 bits per heavy atom. The summed E-state index contributed by atoms with van der Waals surface area (Å²) in [7, 11) is 0. The Labute approximate surface area is 76.3 Å². The molecule has 2 nitrogen and oxygen atoms in total. The zero-order valence-electron chi connectivity index (χ0n) is 7.26. The van der Waals surface area contributed by atoms with Crippen LogP contribution in [-0.2, 0) is 0 Å². The summed E-state index contributed by atoms with van der Waals surface area (Å²) in [6.45, 7) is 0.581. The van der Waals surface area contributed by atoms with E-state index in [9.17, 15) is 4.39 Å². The largest absolute Gasteiger partial charge is 0.330 e. The molecule has 0 atom stereocenters. The maximum absolute atomic E-state index is 12.9. The number of halogens is 1. The molecule has 0 aromatic carbocycles. The third-order valence-electron chi connectivity index (χ3n) is 2.22. The zero-order valence-corrected chi connectivity index (χ0v) is 7.26. The Hall–Kier alpha value is -1.22. The molecule has 1 aliphatic carbocycles. The molecule has 0 bridgehead atoms. The van der Waals surface area contributed by atoms with Gasteiger partial charge < -0.3 is 5.73 Å². The minimum absolute atomic E-state index is 0.168. The fourth-order valence-electron chi connectivity index (χ4n) is 1.56. The van der Waals surface area contributed by atoms with Crippen molar-refractivity contribution in [2.24, 2.45) is 10.7 Å². The maximum Gasteiger partial charge on any atom is 0.120 e. The molecule has 3 heteroatoms. The second-order valence-electron chi connectivity index (χ2n) is 3.12. The van der Waals surface area contributed by atoms with Gasteiger partial charge in [0.2, 0.25) is 0 Å². The molecule has 0 radical (unpaired) electrons. The van der Waals surface area contributed by atoms with Crippen molar-refractivity contribution in [1.82, 2.24) is 0 Å². The molecule has 0 aromatic rings. The summed E-state index contributed by atoms with van der Waals surface area (Å²) in [5, 5.41) is 0. The summed E-state index contributed by atoms with van der Waals surface area (Å²) in [6, 6.07) is 0. The Morgan fingerprint density at radius 3 is 3.15 bits per heavy atom. The van der Waals surface area contributed by atoms with E-state index >= 15 is 0 Å². The quantitative estimate of drug-likeness (QED) is 0.688. The van der Waals surface area contributed by atoms with Crippen molar-refractivity contribution >= 4 is 5.71 Å². The molecular weight excluding hydrogens is 167 g/mol. The van der Waals surface area contributed by atoms with Crippen LogP contribution >= 0.6 is 0 Å². The van der Waals surface area contributed by atoms with E-state index in [1.165, 1.54) is 6.08 Å². The molecule has 0 unspecified atom stereocenters. The van der Waals surface area contributed by atoms with Crippen molar-refractivity contribution in [2.45, 2.75) is 12.8 Å². The van der Waals surface area contributed by atoms with Gasteiger partial charge in [0, 0.05) is 18.2 Å². The van der Waals surface area contributed by atoms with E-state index in [-0.39, 0.29) is 5.83 Å². The molecule has 2 aliphatic rings. The highest BCUT2D eigenvalue weighted by Gasteiger charge is 2.19. The van der Waals surface area contributed by atoms with E-state index in [1.807, 2.05) is 0 Å². The lowest BCUT2D eigenvalue weighted by Gasteiger charge is -2.09. The molecule has 0 saturated carbocycles. The Balaban J connectivity index is 2.26. The Morgan fingerprint density at radius 1 is 1.54 bits per heavy atom. The van der Waals surface area contributed by atoms with Gasteiger partial charge in [0.05, 0.1) is 5.71 Å². The fourth-order valence-corrected chi connectivity index (χ4v) is 1.56. The highest BCUT2D eigenvalue weighted by Crippen LogP contribution is 2.28. The first-order valence-electron chi connectivity index (χ1n) is 4.35. The van der Waals surface area contributed by atoms with Gasteiger partial charge in [0.25, 0.3) is 0 Å². The van der Waals surface area contributed by atoms with E-state index in [4.69, 9.17) is 5.73 Å². The van der Waals surface area contributed by atoms with E-state index in [0.717, 1.165) is 23.3 Å². The first-order valence-corrected chi connectivity index (χ1v) is 4.35. The Kier molecular flexibility index (Phi) is 2.10. The van der Waals surface area contributed by atoms with Crippen molar-refractivity contribution in [2.75, 3.05) is 6.54 Å². The summed E-state index contributed by atoms with van der Waals surface area (Å²) < 4.78 is 12.9. The van der Waals surface area contributed by atoms with Crippen LogP contribution in [0.1, 0.15) is 12.8 Å². The van der Waals surface area contributed by atoms with Gasteiger partial charge in [-0.05, 0) is 30.7 Å². The van der Waals surface area contributed by atoms with Crippen LogP contribution in [0.25, 0.3) is 0 Å². The van der Waals surface area contributed by atoms with E-state index < -0.39 is 0 Å². The molecule has 0 aromatic heterocycles. The normalized spacial score (nSPS) is 20.2. The third kappa shape index (κ3) is 1.47. The van der Waals surface area contributed by atoms with Gasteiger partial charge in [0.15, 0.2) is 0 Å². The van der Waals surface area contributed by atoms with Crippen LogP contribution in [-0.4, -0.2) is 12.3 Å². The van der Waals surface area contributed by atoms with Crippen LogP contribution in [0, 0.1) is 0 Å². The number of aliphatic imine (C=N–C) groups is 1. The lowest BCUT2D eigenvalue weighted by atomic mass is 9.95. The average molecular weight is 178 g/mol. The van der Waals surface area contributed by atoms with Gasteiger partial charge in [0.1, 0.15) is 5.83 Å². The second kappa shape index (κ2) is 3.26. The van der Waals surface area contributed by atoms with Crippen molar-refractivity contribution < 1.29 is 4.39 Å². The summed E-state index contributed by atoms with van der Waals surface area (Å²) in [4.78, 5) is 4.21. The second-order valence-corrected chi connectivity index (χ2v) is 3.12. The van der Waals surface area contributed by atoms with Crippen molar-refractivity contribution in [3.05, 3.63) is 35.3 Å². The fraction of sp³-hybridized carbons (Fsp3) is 0.300. The molecular formula is C10H11FN2. The first kappa shape index (κ1) is 8.38.